The van der Waals surface area contributed by atoms with E-state index in [1.807, 2.05) is 24.3 Å². The van der Waals surface area contributed by atoms with Crippen molar-refractivity contribution in [1.29, 1.82) is 5.26 Å². The smallest absolute Gasteiger partial charge is 0.330 e. The van der Waals surface area contributed by atoms with Crippen LogP contribution in [0.2, 0.25) is 5.02 Å². The number of carbonyl (C=O) groups excluding carboxylic acids is 1. The third-order valence-electron chi connectivity index (χ3n) is 4.59. The number of aromatic nitrogens is 1. The lowest BCUT2D eigenvalue weighted by Gasteiger charge is -2.22. The molecule has 0 saturated carbocycles. The first-order valence-electron chi connectivity index (χ1n) is 8.30. The molecule has 1 unspecified atom stereocenters. The van der Waals surface area contributed by atoms with Crippen molar-refractivity contribution in [2.75, 3.05) is 23.5 Å². The second kappa shape index (κ2) is 6.78. The molecular formula is C20H15ClN4O2. The maximum atomic E-state index is 13.3. The van der Waals surface area contributed by atoms with Crippen molar-refractivity contribution < 1.29 is 9.53 Å². The Morgan fingerprint density at radius 1 is 1.22 bits per heavy atom. The maximum Gasteiger partial charge on any atom is 0.330 e. The van der Waals surface area contributed by atoms with Gasteiger partial charge in [0.05, 0.1) is 37.3 Å². The van der Waals surface area contributed by atoms with Crippen molar-refractivity contribution in [2.24, 2.45) is 0 Å². The van der Waals surface area contributed by atoms with E-state index in [4.69, 9.17) is 16.3 Å². The number of pyridine rings is 1. The third kappa shape index (κ3) is 2.82. The van der Waals surface area contributed by atoms with E-state index in [1.165, 1.54) is 16.9 Å². The minimum atomic E-state index is -0.659. The monoisotopic (exact) mass is 378 g/mol. The molecule has 0 aliphatic carbocycles. The maximum absolute atomic E-state index is 13.3. The highest BCUT2D eigenvalue weighted by Crippen LogP contribution is 2.37. The Morgan fingerprint density at radius 3 is 2.81 bits per heavy atom. The molecule has 1 saturated heterocycles. The Morgan fingerprint density at radius 2 is 2.04 bits per heavy atom. The van der Waals surface area contributed by atoms with Gasteiger partial charge in [-0.3, -0.25) is 14.8 Å². The van der Waals surface area contributed by atoms with Crippen molar-refractivity contribution in [3.05, 3.63) is 59.9 Å². The summed E-state index contributed by atoms with van der Waals surface area (Å²) in [5.74, 6) is 0.516. The van der Waals surface area contributed by atoms with E-state index in [0.717, 1.165) is 10.8 Å². The number of rotatable bonds is 3. The van der Waals surface area contributed by atoms with Crippen LogP contribution in [0.25, 0.3) is 10.8 Å². The van der Waals surface area contributed by atoms with Crippen molar-refractivity contribution in [2.45, 2.75) is 6.04 Å². The average molecular weight is 379 g/mol. The van der Waals surface area contributed by atoms with Crippen LogP contribution in [0.15, 0.2) is 54.9 Å². The quantitative estimate of drug-likeness (QED) is 0.683. The molecule has 1 atom stereocenters. The molecule has 1 aliphatic rings. The van der Waals surface area contributed by atoms with Gasteiger partial charge in [0.15, 0.2) is 0 Å². The lowest BCUT2D eigenvalue weighted by atomic mass is 10.1. The molecule has 2 amide bonds. The molecule has 1 aliphatic heterocycles. The molecule has 0 spiro atoms. The molecule has 3 aromatic rings. The van der Waals surface area contributed by atoms with Crippen LogP contribution in [0, 0.1) is 11.3 Å². The van der Waals surface area contributed by atoms with Gasteiger partial charge in [0.1, 0.15) is 11.8 Å². The van der Waals surface area contributed by atoms with E-state index in [-0.39, 0.29) is 12.6 Å². The minimum Gasteiger partial charge on any atom is -0.495 e. The van der Waals surface area contributed by atoms with Crippen LogP contribution in [0.3, 0.4) is 0 Å². The fraction of sp³-hybridized carbons (Fsp3) is 0.150. The second-order valence-corrected chi connectivity index (χ2v) is 6.54. The number of nitrogens with zero attached hydrogens (tertiary/aromatic N) is 4. The molecule has 134 valence electrons. The number of benzene rings is 2. The third-order valence-corrected chi connectivity index (χ3v) is 4.83. The van der Waals surface area contributed by atoms with Gasteiger partial charge in [-0.1, -0.05) is 35.9 Å². The zero-order valence-electron chi connectivity index (χ0n) is 14.5. The van der Waals surface area contributed by atoms with Crippen LogP contribution < -0.4 is 14.5 Å². The molecule has 4 rings (SSSR count). The van der Waals surface area contributed by atoms with E-state index in [2.05, 4.69) is 11.1 Å². The Bertz CT molecular complexity index is 1070. The standard InChI is InChI=1S/C20H15ClN4O2/c1-27-19-7-6-14(21)8-17(19)24-12-15(9-22)25(20(24)26)18-11-23-10-13-4-2-3-5-16(13)18/h2-8,10-11,15H,12H2,1H3. The summed E-state index contributed by atoms with van der Waals surface area (Å²) in [6, 6.07) is 13.9. The fourth-order valence-electron chi connectivity index (χ4n) is 3.33. The summed E-state index contributed by atoms with van der Waals surface area (Å²) in [6.07, 6.45) is 3.35. The lowest BCUT2D eigenvalue weighted by Crippen LogP contribution is -2.34. The Balaban J connectivity index is 1.83. The number of halogens is 1. The molecule has 1 aromatic heterocycles. The van der Waals surface area contributed by atoms with Gasteiger partial charge in [-0.05, 0) is 18.2 Å². The Kier molecular flexibility index (Phi) is 4.30. The number of amides is 2. The van der Waals surface area contributed by atoms with E-state index >= 15 is 0 Å². The van der Waals surface area contributed by atoms with Crippen LogP contribution in [0.1, 0.15) is 0 Å². The Labute approximate surface area is 161 Å². The molecular weight excluding hydrogens is 364 g/mol. The van der Waals surface area contributed by atoms with E-state index in [0.29, 0.717) is 22.1 Å². The van der Waals surface area contributed by atoms with Crippen LogP contribution in [0.5, 0.6) is 5.75 Å². The van der Waals surface area contributed by atoms with Gasteiger partial charge >= 0.3 is 6.03 Å². The SMILES string of the molecule is COc1ccc(Cl)cc1N1CC(C#N)N(c2cncc3ccccc23)C1=O. The van der Waals surface area contributed by atoms with Gasteiger partial charge in [-0.2, -0.15) is 5.26 Å². The summed E-state index contributed by atoms with van der Waals surface area (Å²) in [5, 5.41) is 11.9. The largest absolute Gasteiger partial charge is 0.495 e. The molecule has 0 radical (unpaired) electrons. The van der Waals surface area contributed by atoms with Gasteiger partial charge in [-0.25, -0.2) is 4.79 Å². The van der Waals surface area contributed by atoms with Gasteiger partial charge in [0.2, 0.25) is 0 Å². The number of nitriles is 1. The molecule has 0 N–H and O–H groups in total. The van der Waals surface area contributed by atoms with Gasteiger partial charge in [-0.15, -0.1) is 0 Å². The highest BCUT2D eigenvalue weighted by Gasteiger charge is 2.41. The normalized spacial score (nSPS) is 16.6. The number of carbonyl (C=O) groups is 1. The van der Waals surface area contributed by atoms with Crippen LogP contribution in [-0.2, 0) is 0 Å². The number of fused-ring (bicyclic) bond motifs is 1. The molecule has 27 heavy (non-hydrogen) atoms. The molecule has 1 fully saturated rings. The van der Waals surface area contributed by atoms with Gasteiger partial charge in [0, 0.05) is 22.0 Å². The first kappa shape index (κ1) is 17.1. The lowest BCUT2D eigenvalue weighted by molar-refractivity contribution is 0.255. The highest BCUT2D eigenvalue weighted by molar-refractivity contribution is 6.31. The van der Waals surface area contributed by atoms with E-state index in [9.17, 15) is 10.1 Å². The predicted octanol–water partition coefficient (Wildman–Crippen LogP) is 4.24. The summed E-state index contributed by atoms with van der Waals surface area (Å²) >= 11 is 6.12. The molecule has 2 aromatic carbocycles. The molecule has 7 heteroatoms. The predicted molar refractivity (Wildman–Crippen MR) is 104 cm³/mol. The summed E-state index contributed by atoms with van der Waals surface area (Å²) in [4.78, 5) is 20.5. The summed E-state index contributed by atoms with van der Waals surface area (Å²) < 4.78 is 5.37. The summed E-state index contributed by atoms with van der Waals surface area (Å²) in [5.41, 5.74) is 1.14. The minimum absolute atomic E-state index is 0.204. The summed E-state index contributed by atoms with van der Waals surface area (Å²) in [6.45, 7) is 0.204. The zero-order chi connectivity index (χ0) is 19.0. The molecule has 2 heterocycles. The average Bonchev–Trinajstić information content (AvgIpc) is 3.03. The number of urea groups is 1. The number of hydrogen-bond donors (Lipinski definition) is 0. The number of anilines is 2. The van der Waals surface area contributed by atoms with Crippen molar-refractivity contribution >= 4 is 39.8 Å². The number of methoxy groups -OCH3 is 1. The van der Waals surface area contributed by atoms with Crippen LogP contribution in [0.4, 0.5) is 16.2 Å². The zero-order valence-corrected chi connectivity index (χ0v) is 15.2. The van der Waals surface area contributed by atoms with Gasteiger partial charge in [0.25, 0.3) is 0 Å². The first-order chi connectivity index (χ1) is 13.1. The van der Waals surface area contributed by atoms with Crippen molar-refractivity contribution in [1.82, 2.24) is 4.98 Å². The number of hydrogen-bond acceptors (Lipinski definition) is 4. The highest BCUT2D eigenvalue weighted by atomic mass is 35.5. The fourth-order valence-corrected chi connectivity index (χ4v) is 3.50. The first-order valence-corrected chi connectivity index (χ1v) is 8.68. The van der Waals surface area contributed by atoms with Crippen molar-refractivity contribution in [3.63, 3.8) is 0 Å². The molecule has 6 nitrogen and oxygen atoms in total. The van der Waals surface area contributed by atoms with E-state index in [1.54, 1.807) is 30.6 Å². The number of ether oxygens (including phenoxy) is 1. The summed E-state index contributed by atoms with van der Waals surface area (Å²) in [7, 11) is 1.53. The topological polar surface area (TPSA) is 69.5 Å². The van der Waals surface area contributed by atoms with Crippen LogP contribution in [-0.4, -0.2) is 30.7 Å². The molecule has 0 bridgehead atoms. The van der Waals surface area contributed by atoms with Gasteiger partial charge < -0.3 is 4.74 Å². The Hall–Kier alpha value is -3.30. The second-order valence-electron chi connectivity index (χ2n) is 6.10. The van der Waals surface area contributed by atoms with E-state index < -0.39 is 6.04 Å². The van der Waals surface area contributed by atoms with Crippen LogP contribution >= 0.6 is 11.6 Å². The van der Waals surface area contributed by atoms with Crippen molar-refractivity contribution in [3.8, 4) is 11.8 Å².